The Hall–Kier alpha value is -1.13. The number of rotatable bonds is 4. The second-order valence-corrected chi connectivity index (χ2v) is 4.07. The fraction of sp³-hybridized carbons (Fsp3) is 0.538. The summed E-state index contributed by atoms with van der Waals surface area (Å²) < 4.78 is 29.2. The van der Waals surface area contributed by atoms with Gasteiger partial charge in [0.15, 0.2) is 6.29 Å². The Morgan fingerprint density at radius 2 is 2.12 bits per heavy atom. The molecule has 0 amide bonds. The molecule has 1 heterocycles. The average molecular weight is 240 g/mol. The van der Waals surface area contributed by atoms with Crippen LogP contribution in [0.5, 0.6) is 5.75 Å². The molecule has 0 spiro atoms. The SMILES string of the molecule is Cc1cc(F)ccc1OCCC1OCCCO1. The van der Waals surface area contributed by atoms with Crippen LogP contribution in [0.3, 0.4) is 0 Å². The minimum Gasteiger partial charge on any atom is -0.493 e. The van der Waals surface area contributed by atoms with Crippen molar-refractivity contribution in [3.05, 3.63) is 29.6 Å². The van der Waals surface area contributed by atoms with Crippen molar-refractivity contribution in [3.63, 3.8) is 0 Å². The van der Waals surface area contributed by atoms with Gasteiger partial charge >= 0.3 is 0 Å². The molecule has 1 aromatic rings. The van der Waals surface area contributed by atoms with Gasteiger partial charge in [0, 0.05) is 6.42 Å². The highest BCUT2D eigenvalue weighted by atomic mass is 19.1. The van der Waals surface area contributed by atoms with Gasteiger partial charge in [-0.25, -0.2) is 4.39 Å². The molecular formula is C13H17FO3. The summed E-state index contributed by atoms with van der Waals surface area (Å²) in [6.45, 7) is 3.84. The number of ether oxygens (including phenoxy) is 3. The number of halogens is 1. The topological polar surface area (TPSA) is 27.7 Å². The zero-order chi connectivity index (χ0) is 12.1. The van der Waals surface area contributed by atoms with Crippen molar-refractivity contribution in [2.75, 3.05) is 19.8 Å². The maximum absolute atomic E-state index is 12.9. The van der Waals surface area contributed by atoms with Crippen molar-refractivity contribution in [1.29, 1.82) is 0 Å². The maximum atomic E-state index is 12.9. The molecule has 0 bridgehead atoms. The summed E-state index contributed by atoms with van der Waals surface area (Å²) in [5.41, 5.74) is 0.801. The molecule has 0 aromatic heterocycles. The van der Waals surface area contributed by atoms with Gasteiger partial charge in [-0.2, -0.15) is 0 Å². The molecule has 0 atom stereocenters. The number of hydrogen-bond donors (Lipinski definition) is 0. The summed E-state index contributed by atoms with van der Waals surface area (Å²) in [5, 5.41) is 0. The molecule has 1 aliphatic heterocycles. The summed E-state index contributed by atoms with van der Waals surface area (Å²) in [4.78, 5) is 0. The van der Waals surface area contributed by atoms with Gasteiger partial charge in [-0.3, -0.25) is 0 Å². The second kappa shape index (κ2) is 5.98. The first-order valence-corrected chi connectivity index (χ1v) is 5.88. The van der Waals surface area contributed by atoms with Gasteiger partial charge < -0.3 is 14.2 Å². The third kappa shape index (κ3) is 3.68. The first-order chi connectivity index (χ1) is 8.25. The summed E-state index contributed by atoms with van der Waals surface area (Å²) >= 11 is 0. The fourth-order valence-corrected chi connectivity index (χ4v) is 1.74. The van der Waals surface area contributed by atoms with E-state index in [4.69, 9.17) is 14.2 Å². The molecule has 0 N–H and O–H groups in total. The Morgan fingerprint density at radius 3 is 2.82 bits per heavy atom. The van der Waals surface area contributed by atoms with Crippen LogP contribution < -0.4 is 4.74 Å². The van der Waals surface area contributed by atoms with Crippen LogP contribution in [0, 0.1) is 12.7 Å². The Balaban J connectivity index is 1.77. The van der Waals surface area contributed by atoms with E-state index in [2.05, 4.69) is 0 Å². The monoisotopic (exact) mass is 240 g/mol. The van der Waals surface area contributed by atoms with E-state index in [-0.39, 0.29) is 12.1 Å². The smallest absolute Gasteiger partial charge is 0.160 e. The Bertz CT molecular complexity index is 362. The van der Waals surface area contributed by atoms with E-state index >= 15 is 0 Å². The predicted octanol–water partition coefficient (Wildman–Crippen LogP) is 2.67. The highest BCUT2D eigenvalue weighted by Gasteiger charge is 2.14. The van der Waals surface area contributed by atoms with Crippen LogP contribution in [0.1, 0.15) is 18.4 Å². The quantitative estimate of drug-likeness (QED) is 0.809. The van der Waals surface area contributed by atoms with Crippen LogP contribution in [0.15, 0.2) is 18.2 Å². The minimum atomic E-state index is -0.242. The Labute approximate surface area is 100 Å². The largest absolute Gasteiger partial charge is 0.493 e. The van der Waals surface area contributed by atoms with Crippen LogP contribution in [0.25, 0.3) is 0 Å². The molecule has 0 radical (unpaired) electrons. The normalized spacial score (nSPS) is 17.1. The number of aryl methyl sites for hydroxylation is 1. The molecule has 0 unspecified atom stereocenters. The third-order valence-electron chi connectivity index (χ3n) is 2.64. The number of hydrogen-bond acceptors (Lipinski definition) is 3. The molecule has 1 saturated heterocycles. The molecule has 0 saturated carbocycles. The van der Waals surface area contributed by atoms with Crippen molar-refractivity contribution in [3.8, 4) is 5.75 Å². The van der Waals surface area contributed by atoms with E-state index in [9.17, 15) is 4.39 Å². The van der Waals surface area contributed by atoms with Gasteiger partial charge in [-0.1, -0.05) is 0 Å². The average Bonchev–Trinajstić information content (AvgIpc) is 2.33. The van der Waals surface area contributed by atoms with Crippen molar-refractivity contribution < 1.29 is 18.6 Å². The summed E-state index contributed by atoms with van der Waals surface area (Å²) in [6, 6.07) is 4.51. The predicted molar refractivity (Wildman–Crippen MR) is 61.6 cm³/mol. The van der Waals surface area contributed by atoms with Crippen LogP contribution in [-0.2, 0) is 9.47 Å². The zero-order valence-electron chi connectivity index (χ0n) is 9.95. The van der Waals surface area contributed by atoms with E-state index in [1.54, 1.807) is 6.07 Å². The van der Waals surface area contributed by atoms with Crippen molar-refractivity contribution >= 4 is 0 Å². The summed E-state index contributed by atoms with van der Waals surface area (Å²) in [7, 11) is 0. The van der Waals surface area contributed by atoms with Crippen LogP contribution in [-0.4, -0.2) is 26.1 Å². The van der Waals surface area contributed by atoms with Crippen LogP contribution in [0.4, 0.5) is 4.39 Å². The zero-order valence-corrected chi connectivity index (χ0v) is 9.95. The standard InChI is InChI=1S/C13H17FO3/c1-10-9-11(14)3-4-12(10)15-8-5-13-16-6-2-7-17-13/h3-4,9,13H,2,5-8H2,1H3. The molecule has 4 heteroatoms. The van der Waals surface area contributed by atoms with Gasteiger partial charge in [-0.05, 0) is 37.1 Å². The first-order valence-electron chi connectivity index (χ1n) is 5.88. The lowest BCUT2D eigenvalue weighted by Gasteiger charge is -2.23. The molecule has 94 valence electrons. The van der Waals surface area contributed by atoms with Crippen molar-refractivity contribution in [2.24, 2.45) is 0 Å². The maximum Gasteiger partial charge on any atom is 0.160 e. The van der Waals surface area contributed by atoms with E-state index in [0.29, 0.717) is 18.8 Å². The summed E-state index contributed by atoms with van der Waals surface area (Å²) in [5.74, 6) is 0.469. The molecule has 3 nitrogen and oxygen atoms in total. The summed E-state index contributed by atoms with van der Waals surface area (Å²) in [6.07, 6.45) is 1.48. The molecule has 0 aliphatic carbocycles. The third-order valence-corrected chi connectivity index (χ3v) is 2.64. The Kier molecular flexibility index (Phi) is 4.34. The lowest BCUT2D eigenvalue weighted by Crippen LogP contribution is -2.26. The van der Waals surface area contributed by atoms with Gasteiger partial charge in [0.05, 0.1) is 19.8 Å². The van der Waals surface area contributed by atoms with Gasteiger partial charge in [0.1, 0.15) is 11.6 Å². The molecule has 1 fully saturated rings. The van der Waals surface area contributed by atoms with Gasteiger partial charge in [0.25, 0.3) is 0 Å². The molecule has 1 aromatic carbocycles. The van der Waals surface area contributed by atoms with E-state index < -0.39 is 0 Å². The van der Waals surface area contributed by atoms with E-state index in [1.165, 1.54) is 12.1 Å². The highest BCUT2D eigenvalue weighted by Crippen LogP contribution is 2.19. The van der Waals surface area contributed by atoms with Gasteiger partial charge in [-0.15, -0.1) is 0 Å². The lowest BCUT2D eigenvalue weighted by molar-refractivity contribution is -0.183. The molecular weight excluding hydrogens is 223 g/mol. The Morgan fingerprint density at radius 1 is 1.35 bits per heavy atom. The second-order valence-electron chi connectivity index (χ2n) is 4.07. The van der Waals surface area contributed by atoms with E-state index in [1.807, 2.05) is 6.92 Å². The minimum absolute atomic E-state index is 0.162. The lowest BCUT2D eigenvalue weighted by atomic mass is 10.2. The van der Waals surface area contributed by atoms with E-state index in [0.717, 1.165) is 25.2 Å². The first kappa shape index (κ1) is 12.3. The van der Waals surface area contributed by atoms with Crippen molar-refractivity contribution in [2.45, 2.75) is 26.1 Å². The van der Waals surface area contributed by atoms with Crippen LogP contribution >= 0.6 is 0 Å². The molecule has 1 aliphatic rings. The van der Waals surface area contributed by atoms with Crippen molar-refractivity contribution in [1.82, 2.24) is 0 Å². The van der Waals surface area contributed by atoms with Crippen LogP contribution in [0.2, 0.25) is 0 Å². The molecule has 17 heavy (non-hydrogen) atoms. The van der Waals surface area contributed by atoms with Gasteiger partial charge in [0.2, 0.25) is 0 Å². The highest BCUT2D eigenvalue weighted by molar-refractivity contribution is 5.32. The number of benzene rings is 1. The fourth-order valence-electron chi connectivity index (χ4n) is 1.74. The molecule has 2 rings (SSSR count).